The molecule has 0 saturated carbocycles. The fraction of sp³-hybridized carbons (Fsp3) is 0.917. The van der Waals surface area contributed by atoms with Crippen molar-refractivity contribution in [3.63, 3.8) is 0 Å². The first-order valence-electron chi connectivity index (χ1n) is 6.58. The third kappa shape index (κ3) is 4.99. The molecule has 1 amide bonds. The summed E-state index contributed by atoms with van der Waals surface area (Å²) in [6, 6.07) is 0.409. The van der Waals surface area contributed by atoms with Crippen molar-refractivity contribution in [1.29, 1.82) is 0 Å². The summed E-state index contributed by atoms with van der Waals surface area (Å²) >= 11 is 0. The van der Waals surface area contributed by atoms with Gasteiger partial charge in [-0.25, -0.2) is 0 Å². The number of piperidine rings is 1. The van der Waals surface area contributed by atoms with Gasteiger partial charge in [-0.1, -0.05) is 6.42 Å². The number of aliphatic hydroxyl groups excluding tert-OH is 1. The van der Waals surface area contributed by atoms with Crippen molar-refractivity contribution >= 4 is 5.91 Å². The molecule has 4 nitrogen and oxygen atoms in total. The molecular weight excluding hydrogens is 261 g/mol. The molecule has 0 aromatic heterocycles. The molecule has 2 unspecified atom stereocenters. The maximum absolute atomic E-state index is 12.0. The van der Waals surface area contributed by atoms with Gasteiger partial charge in [0.1, 0.15) is 0 Å². The van der Waals surface area contributed by atoms with Gasteiger partial charge in [-0.3, -0.25) is 9.69 Å². The van der Waals surface area contributed by atoms with Crippen LogP contribution in [0.1, 0.15) is 32.6 Å². The lowest BCUT2D eigenvalue weighted by Crippen LogP contribution is -2.48. The van der Waals surface area contributed by atoms with E-state index in [9.17, 15) is 23.1 Å². The van der Waals surface area contributed by atoms with E-state index in [0.29, 0.717) is 19.0 Å². The number of hydrogen-bond acceptors (Lipinski definition) is 3. The lowest BCUT2D eigenvalue weighted by atomic mass is 9.96. The summed E-state index contributed by atoms with van der Waals surface area (Å²) in [5.74, 6) is -1.89. The van der Waals surface area contributed by atoms with E-state index in [1.807, 2.05) is 5.32 Å². The molecule has 1 fully saturated rings. The van der Waals surface area contributed by atoms with Crippen LogP contribution in [-0.4, -0.2) is 53.9 Å². The van der Waals surface area contributed by atoms with E-state index >= 15 is 0 Å². The SMILES string of the molecule is CC1CCCC(CO)N1CCCNC(=O)C(F)(F)F. The first kappa shape index (κ1) is 16.2. The normalized spacial score (nSPS) is 25.3. The molecule has 19 heavy (non-hydrogen) atoms. The Morgan fingerprint density at radius 1 is 1.42 bits per heavy atom. The summed E-state index contributed by atoms with van der Waals surface area (Å²) in [4.78, 5) is 12.7. The van der Waals surface area contributed by atoms with E-state index in [1.54, 1.807) is 0 Å². The van der Waals surface area contributed by atoms with Crippen LogP contribution in [-0.2, 0) is 4.79 Å². The lowest BCUT2D eigenvalue weighted by molar-refractivity contribution is -0.173. The molecule has 0 spiro atoms. The third-order valence-electron chi connectivity index (χ3n) is 3.54. The number of carbonyl (C=O) groups excluding carboxylic acids is 1. The van der Waals surface area contributed by atoms with Crippen LogP contribution in [0, 0.1) is 0 Å². The van der Waals surface area contributed by atoms with Gasteiger partial charge in [0.05, 0.1) is 6.61 Å². The lowest BCUT2D eigenvalue weighted by Gasteiger charge is -2.40. The highest BCUT2D eigenvalue weighted by atomic mass is 19.4. The Labute approximate surface area is 111 Å². The monoisotopic (exact) mass is 282 g/mol. The Morgan fingerprint density at radius 2 is 2.11 bits per heavy atom. The molecule has 1 aliphatic rings. The number of hydrogen-bond donors (Lipinski definition) is 2. The van der Waals surface area contributed by atoms with Crippen molar-refractivity contribution in [2.75, 3.05) is 19.7 Å². The highest BCUT2D eigenvalue weighted by molar-refractivity contribution is 5.81. The Morgan fingerprint density at radius 3 is 2.68 bits per heavy atom. The highest BCUT2D eigenvalue weighted by Crippen LogP contribution is 2.22. The van der Waals surface area contributed by atoms with Gasteiger partial charge in [0, 0.05) is 25.2 Å². The second-order valence-electron chi connectivity index (χ2n) is 4.96. The van der Waals surface area contributed by atoms with Gasteiger partial charge >= 0.3 is 12.1 Å². The number of carbonyl (C=O) groups is 1. The zero-order valence-corrected chi connectivity index (χ0v) is 11.0. The van der Waals surface area contributed by atoms with E-state index in [1.165, 1.54) is 0 Å². The molecule has 0 aromatic rings. The average molecular weight is 282 g/mol. The van der Waals surface area contributed by atoms with Crippen molar-refractivity contribution < 1.29 is 23.1 Å². The molecule has 0 aliphatic carbocycles. The van der Waals surface area contributed by atoms with Crippen LogP contribution in [0.2, 0.25) is 0 Å². The minimum absolute atomic E-state index is 0.000286. The van der Waals surface area contributed by atoms with Crippen LogP contribution in [0.15, 0.2) is 0 Å². The average Bonchev–Trinajstić information content (AvgIpc) is 2.34. The Balaban J connectivity index is 2.29. The summed E-state index contributed by atoms with van der Waals surface area (Å²) in [5, 5.41) is 11.1. The topological polar surface area (TPSA) is 52.6 Å². The van der Waals surface area contributed by atoms with Crippen LogP contribution >= 0.6 is 0 Å². The molecule has 0 bridgehead atoms. The van der Waals surface area contributed by atoms with Gasteiger partial charge in [0.25, 0.3) is 0 Å². The van der Waals surface area contributed by atoms with Gasteiger partial charge in [-0.2, -0.15) is 13.2 Å². The minimum atomic E-state index is -4.81. The molecule has 2 atom stereocenters. The summed E-state index contributed by atoms with van der Waals surface area (Å²) in [6.45, 7) is 2.71. The van der Waals surface area contributed by atoms with Crippen molar-refractivity contribution in [3.05, 3.63) is 0 Å². The van der Waals surface area contributed by atoms with Crippen LogP contribution in [0.4, 0.5) is 13.2 Å². The van der Waals surface area contributed by atoms with Crippen LogP contribution in [0.3, 0.4) is 0 Å². The molecule has 0 radical (unpaired) electrons. The maximum Gasteiger partial charge on any atom is 0.471 e. The van der Waals surface area contributed by atoms with E-state index in [4.69, 9.17) is 0 Å². The number of rotatable bonds is 5. The first-order chi connectivity index (χ1) is 8.86. The number of aliphatic hydroxyl groups is 1. The van der Waals surface area contributed by atoms with Gasteiger partial charge in [-0.15, -0.1) is 0 Å². The third-order valence-corrected chi connectivity index (χ3v) is 3.54. The van der Waals surface area contributed by atoms with Crippen molar-refractivity contribution in [2.24, 2.45) is 0 Å². The summed E-state index contributed by atoms with van der Waals surface area (Å²) in [7, 11) is 0. The number of likely N-dealkylation sites (tertiary alicyclic amines) is 1. The highest BCUT2D eigenvalue weighted by Gasteiger charge is 2.38. The van der Waals surface area contributed by atoms with Gasteiger partial charge in [0.2, 0.25) is 0 Å². The Bertz CT molecular complexity index is 297. The fourth-order valence-corrected chi connectivity index (χ4v) is 2.50. The Hall–Kier alpha value is -0.820. The largest absolute Gasteiger partial charge is 0.471 e. The molecule has 1 heterocycles. The van der Waals surface area contributed by atoms with E-state index < -0.39 is 12.1 Å². The van der Waals surface area contributed by atoms with Crippen LogP contribution < -0.4 is 5.32 Å². The summed E-state index contributed by atoms with van der Waals surface area (Å²) < 4.78 is 35.9. The molecule has 1 aliphatic heterocycles. The maximum atomic E-state index is 12.0. The quantitative estimate of drug-likeness (QED) is 0.747. The predicted molar refractivity (Wildman–Crippen MR) is 64.6 cm³/mol. The van der Waals surface area contributed by atoms with Crippen molar-refractivity contribution in [3.8, 4) is 0 Å². The second-order valence-corrected chi connectivity index (χ2v) is 4.96. The molecule has 1 saturated heterocycles. The summed E-state index contributed by atoms with van der Waals surface area (Å²) in [5.41, 5.74) is 0. The molecule has 1 rings (SSSR count). The zero-order valence-electron chi connectivity index (χ0n) is 11.0. The van der Waals surface area contributed by atoms with E-state index in [0.717, 1.165) is 19.3 Å². The van der Waals surface area contributed by atoms with Gasteiger partial charge < -0.3 is 10.4 Å². The number of alkyl halides is 3. The molecule has 2 N–H and O–H groups in total. The number of nitrogens with zero attached hydrogens (tertiary/aromatic N) is 1. The standard InChI is InChI=1S/C12H21F3N2O2/c1-9-4-2-5-10(8-18)17(9)7-3-6-16-11(19)12(13,14)15/h9-10,18H,2-8H2,1H3,(H,16,19). The Kier molecular flexibility index (Phi) is 6.06. The zero-order chi connectivity index (χ0) is 14.5. The molecular formula is C12H21F3N2O2. The van der Waals surface area contributed by atoms with Gasteiger partial charge in [0.15, 0.2) is 0 Å². The van der Waals surface area contributed by atoms with E-state index in [-0.39, 0.29) is 19.2 Å². The molecule has 7 heteroatoms. The predicted octanol–water partition coefficient (Wildman–Crippen LogP) is 1.29. The number of halogens is 3. The van der Waals surface area contributed by atoms with Crippen molar-refractivity contribution in [2.45, 2.75) is 50.9 Å². The van der Waals surface area contributed by atoms with Crippen LogP contribution in [0.5, 0.6) is 0 Å². The summed E-state index contributed by atoms with van der Waals surface area (Å²) in [6.07, 6.45) is -1.36. The van der Waals surface area contributed by atoms with Crippen LogP contribution in [0.25, 0.3) is 0 Å². The second kappa shape index (κ2) is 7.09. The minimum Gasteiger partial charge on any atom is -0.395 e. The number of nitrogens with one attached hydrogen (secondary N) is 1. The fourth-order valence-electron chi connectivity index (χ4n) is 2.50. The van der Waals surface area contributed by atoms with Gasteiger partial charge in [-0.05, 0) is 26.2 Å². The first-order valence-corrected chi connectivity index (χ1v) is 6.58. The van der Waals surface area contributed by atoms with E-state index in [2.05, 4.69) is 11.8 Å². The molecule has 0 aromatic carbocycles. The smallest absolute Gasteiger partial charge is 0.395 e. The van der Waals surface area contributed by atoms with Crippen molar-refractivity contribution in [1.82, 2.24) is 10.2 Å². The number of amides is 1. The molecule has 112 valence electrons.